The summed E-state index contributed by atoms with van der Waals surface area (Å²) in [4.78, 5) is 25.0. The number of carbonyl (C=O) groups is 2. The number of amides is 1. The molecule has 0 heterocycles. The van der Waals surface area contributed by atoms with Crippen molar-refractivity contribution in [1.82, 2.24) is 10.0 Å². The predicted molar refractivity (Wildman–Crippen MR) is 121 cm³/mol. The second kappa shape index (κ2) is 10.1. The molecule has 32 heavy (non-hydrogen) atoms. The average molecular weight is 463 g/mol. The number of aryl methyl sites for hydroxylation is 1. The molecule has 0 radical (unpaired) electrons. The first kappa shape index (κ1) is 25.4. The zero-order valence-corrected chi connectivity index (χ0v) is 20.0. The van der Waals surface area contributed by atoms with Crippen molar-refractivity contribution in [1.29, 1.82) is 0 Å². The largest absolute Gasteiger partial charge is 0.496 e. The minimum Gasteiger partial charge on any atom is -0.496 e. The molecule has 8 nitrogen and oxygen atoms in total. The first-order valence-electron chi connectivity index (χ1n) is 10.1. The molecule has 9 heteroatoms. The summed E-state index contributed by atoms with van der Waals surface area (Å²) in [6, 6.07) is 11.4. The highest BCUT2D eigenvalue weighted by Gasteiger charge is 2.25. The van der Waals surface area contributed by atoms with Crippen LogP contribution >= 0.6 is 0 Å². The van der Waals surface area contributed by atoms with Gasteiger partial charge in [-0.05, 0) is 58.4 Å². The van der Waals surface area contributed by atoms with E-state index >= 15 is 0 Å². The summed E-state index contributed by atoms with van der Waals surface area (Å²) in [5.41, 5.74) is 0.706. The van der Waals surface area contributed by atoms with Gasteiger partial charge in [0.2, 0.25) is 10.0 Å². The molecule has 0 aliphatic heterocycles. The molecule has 1 amide bonds. The molecule has 0 saturated heterocycles. The SMILES string of the molecule is COc1ccccc1CNC(=O)C(C)OC(=O)c1cc(S(=O)(=O)NC(C)(C)C)ccc1C. The van der Waals surface area contributed by atoms with E-state index < -0.39 is 33.5 Å². The van der Waals surface area contributed by atoms with E-state index in [4.69, 9.17) is 9.47 Å². The Bertz CT molecular complexity index is 1090. The quantitative estimate of drug-likeness (QED) is 0.584. The van der Waals surface area contributed by atoms with Gasteiger partial charge in [0.25, 0.3) is 5.91 Å². The van der Waals surface area contributed by atoms with Crippen molar-refractivity contribution in [2.45, 2.75) is 57.7 Å². The number of carbonyl (C=O) groups excluding carboxylic acids is 2. The summed E-state index contributed by atoms with van der Waals surface area (Å²) >= 11 is 0. The molecule has 2 aromatic rings. The third kappa shape index (κ3) is 6.80. The van der Waals surface area contributed by atoms with Gasteiger partial charge in [-0.15, -0.1) is 0 Å². The minimum atomic E-state index is -3.83. The molecule has 0 bridgehead atoms. The van der Waals surface area contributed by atoms with Crippen LogP contribution in [0.25, 0.3) is 0 Å². The number of benzene rings is 2. The van der Waals surface area contributed by atoms with Crippen LogP contribution in [0.3, 0.4) is 0 Å². The lowest BCUT2D eigenvalue weighted by Crippen LogP contribution is -2.40. The molecule has 0 aromatic heterocycles. The molecular weight excluding hydrogens is 432 g/mol. The molecule has 0 fully saturated rings. The lowest BCUT2D eigenvalue weighted by molar-refractivity contribution is -0.129. The lowest BCUT2D eigenvalue weighted by Gasteiger charge is -2.21. The predicted octanol–water partition coefficient (Wildman–Crippen LogP) is 2.94. The molecule has 0 aliphatic rings. The molecular formula is C23H30N2O6S. The van der Waals surface area contributed by atoms with Crippen LogP contribution in [0.2, 0.25) is 0 Å². The fraction of sp³-hybridized carbons (Fsp3) is 0.391. The van der Waals surface area contributed by atoms with Crippen LogP contribution in [0.1, 0.15) is 49.2 Å². The maximum Gasteiger partial charge on any atom is 0.339 e. The van der Waals surface area contributed by atoms with E-state index in [1.807, 2.05) is 18.2 Å². The van der Waals surface area contributed by atoms with Crippen molar-refractivity contribution in [3.05, 3.63) is 59.2 Å². The van der Waals surface area contributed by atoms with Crippen LogP contribution in [0.15, 0.2) is 47.4 Å². The second-order valence-corrected chi connectivity index (χ2v) is 10.1. The molecule has 1 atom stereocenters. The highest BCUT2D eigenvalue weighted by Crippen LogP contribution is 2.20. The van der Waals surface area contributed by atoms with Crippen LogP contribution in [0.4, 0.5) is 0 Å². The molecule has 2 rings (SSSR count). The van der Waals surface area contributed by atoms with Gasteiger partial charge in [0.15, 0.2) is 6.10 Å². The Kier molecular flexibility index (Phi) is 8.03. The van der Waals surface area contributed by atoms with Crippen LogP contribution in [0, 0.1) is 6.92 Å². The Morgan fingerprint density at radius 2 is 1.75 bits per heavy atom. The number of para-hydroxylation sites is 1. The van der Waals surface area contributed by atoms with Gasteiger partial charge in [-0.2, -0.15) is 0 Å². The van der Waals surface area contributed by atoms with E-state index in [0.29, 0.717) is 11.3 Å². The van der Waals surface area contributed by atoms with Crippen molar-refractivity contribution in [2.75, 3.05) is 7.11 Å². The standard InChI is InChI=1S/C23H30N2O6S/c1-15-11-12-18(32(28,29)25-23(3,4)5)13-19(15)22(27)31-16(2)21(26)24-14-17-9-7-8-10-20(17)30-6/h7-13,16,25H,14H2,1-6H3,(H,24,26). The van der Waals surface area contributed by atoms with Crippen LogP contribution in [-0.2, 0) is 26.1 Å². The zero-order chi connectivity index (χ0) is 24.1. The van der Waals surface area contributed by atoms with Gasteiger partial charge in [-0.3, -0.25) is 4.79 Å². The van der Waals surface area contributed by atoms with Crippen molar-refractivity contribution in [3.63, 3.8) is 0 Å². The summed E-state index contributed by atoms with van der Waals surface area (Å²) in [6.45, 7) is 8.48. The molecule has 2 aromatic carbocycles. The van der Waals surface area contributed by atoms with Gasteiger partial charge >= 0.3 is 5.97 Å². The summed E-state index contributed by atoms with van der Waals surface area (Å²) in [6.07, 6.45) is -1.08. The lowest BCUT2D eigenvalue weighted by atomic mass is 10.1. The molecule has 0 spiro atoms. The monoisotopic (exact) mass is 462 g/mol. The van der Waals surface area contributed by atoms with Gasteiger partial charge in [-0.1, -0.05) is 24.3 Å². The van der Waals surface area contributed by atoms with Crippen LogP contribution in [0.5, 0.6) is 5.75 Å². The topological polar surface area (TPSA) is 111 Å². The summed E-state index contributed by atoms with van der Waals surface area (Å²) in [5.74, 6) is -0.634. The maximum absolute atomic E-state index is 12.7. The van der Waals surface area contributed by atoms with E-state index in [1.165, 1.54) is 25.1 Å². The van der Waals surface area contributed by atoms with Gasteiger partial charge in [0.05, 0.1) is 17.6 Å². The van der Waals surface area contributed by atoms with E-state index in [0.717, 1.165) is 5.56 Å². The van der Waals surface area contributed by atoms with Gasteiger partial charge in [-0.25, -0.2) is 17.9 Å². The Labute approximate surface area is 189 Å². The fourth-order valence-corrected chi connectivity index (χ4v) is 4.35. The normalized spacial score (nSPS) is 12.7. The zero-order valence-electron chi connectivity index (χ0n) is 19.2. The van der Waals surface area contributed by atoms with E-state index in [1.54, 1.807) is 40.9 Å². The van der Waals surface area contributed by atoms with E-state index in [9.17, 15) is 18.0 Å². The molecule has 1 unspecified atom stereocenters. The third-order valence-electron chi connectivity index (χ3n) is 4.48. The van der Waals surface area contributed by atoms with Crippen molar-refractivity contribution < 1.29 is 27.5 Å². The third-order valence-corrected chi connectivity index (χ3v) is 6.23. The second-order valence-electron chi connectivity index (χ2n) is 8.41. The molecule has 0 saturated carbocycles. The minimum absolute atomic E-state index is 0.0572. The first-order chi connectivity index (χ1) is 14.8. The van der Waals surface area contributed by atoms with Crippen LogP contribution in [-0.4, -0.2) is 39.0 Å². The first-order valence-corrected chi connectivity index (χ1v) is 11.6. The van der Waals surface area contributed by atoms with E-state index in [2.05, 4.69) is 10.0 Å². The fourth-order valence-electron chi connectivity index (χ4n) is 2.90. The molecule has 174 valence electrons. The number of hydrogen-bond acceptors (Lipinski definition) is 6. The Morgan fingerprint density at radius 3 is 2.38 bits per heavy atom. The van der Waals surface area contributed by atoms with Gasteiger partial charge in [0.1, 0.15) is 5.75 Å². The van der Waals surface area contributed by atoms with Gasteiger partial charge in [0, 0.05) is 17.6 Å². The highest BCUT2D eigenvalue weighted by molar-refractivity contribution is 7.89. The Hall–Kier alpha value is -2.91. The summed E-state index contributed by atoms with van der Waals surface area (Å²) in [7, 11) is -2.29. The molecule has 2 N–H and O–H groups in total. The maximum atomic E-state index is 12.7. The van der Waals surface area contributed by atoms with Crippen molar-refractivity contribution in [2.24, 2.45) is 0 Å². The number of hydrogen-bond donors (Lipinski definition) is 2. The number of nitrogens with one attached hydrogen (secondary N) is 2. The van der Waals surface area contributed by atoms with Crippen molar-refractivity contribution >= 4 is 21.9 Å². The molecule has 0 aliphatic carbocycles. The number of esters is 1. The van der Waals surface area contributed by atoms with Crippen LogP contribution < -0.4 is 14.8 Å². The smallest absolute Gasteiger partial charge is 0.339 e. The number of ether oxygens (including phenoxy) is 2. The van der Waals surface area contributed by atoms with Crippen molar-refractivity contribution in [3.8, 4) is 5.75 Å². The van der Waals surface area contributed by atoms with E-state index in [-0.39, 0.29) is 17.0 Å². The highest BCUT2D eigenvalue weighted by atomic mass is 32.2. The number of sulfonamides is 1. The van der Waals surface area contributed by atoms with Gasteiger partial charge < -0.3 is 14.8 Å². The summed E-state index contributed by atoms with van der Waals surface area (Å²) in [5, 5.41) is 2.70. The Balaban J connectivity index is 2.10. The number of methoxy groups -OCH3 is 1. The Morgan fingerprint density at radius 1 is 1.09 bits per heavy atom. The average Bonchev–Trinajstić information content (AvgIpc) is 2.70. The summed E-state index contributed by atoms with van der Waals surface area (Å²) < 4.78 is 38.3. The number of rotatable bonds is 8.